The van der Waals surface area contributed by atoms with Crippen molar-refractivity contribution in [1.82, 2.24) is 0 Å². The van der Waals surface area contributed by atoms with Crippen LogP contribution in [-0.2, 0) is 23.7 Å². The summed E-state index contributed by atoms with van der Waals surface area (Å²) in [4.78, 5) is -0.369. The smallest absolute Gasteiger partial charge is 0.0921 e. The monoisotopic (exact) mass is 542 g/mol. The molecule has 1 N–H and O–H groups in total. The Balaban J connectivity index is 1.18. The molecule has 214 valence electrons. The van der Waals surface area contributed by atoms with Gasteiger partial charge in [-0.05, 0) is 120 Å². The molecule has 5 aliphatic rings. The van der Waals surface area contributed by atoms with E-state index in [1.54, 1.807) is 0 Å². The zero-order chi connectivity index (χ0) is 27.1. The summed E-state index contributed by atoms with van der Waals surface area (Å²) in [6, 6.07) is 0. The van der Waals surface area contributed by atoms with Crippen LogP contribution in [0.1, 0.15) is 120 Å². The van der Waals surface area contributed by atoms with Crippen molar-refractivity contribution in [1.29, 1.82) is 0 Å². The van der Waals surface area contributed by atoms with Gasteiger partial charge in [-0.25, -0.2) is 0 Å². The van der Waals surface area contributed by atoms with Crippen LogP contribution >= 0.6 is 11.6 Å². The second-order valence-electron chi connectivity index (χ2n) is 14.7. The number of hydrogen-bond acceptors (Lipinski definition) is 6. The predicted molar refractivity (Wildman–Crippen MR) is 144 cm³/mol. The van der Waals surface area contributed by atoms with Crippen LogP contribution in [0, 0.1) is 0 Å². The van der Waals surface area contributed by atoms with E-state index in [0.29, 0.717) is 0 Å². The molecule has 7 heteroatoms. The highest BCUT2D eigenvalue weighted by atomic mass is 35.5. The van der Waals surface area contributed by atoms with E-state index in [1.165, 1.54) is 0 Å². The molecule has 5 saturated heterocycles. The molecule has 5 heterocycles. The SMILES string of the molecule is CC(C)(Cl)C1CC[C@@](C)([C@H]2CC[C@@](C)([C@H]3CC[C@@H]([C@@]4(C)CC[C@@H]([C@@]5(C)CC[C@@H](C(C)(C)O)O5)O4)O3)O2)O1. The summed E-state index contributed by atoms with van der Waals surface area (Å²) >= 11 is 6.60. The highest BCUT2D eigenvalue weighted by molar-refractivity contribution is 6.23. The number of aliphatic hydroxyl groups is 1. The molecule has 0 bridgehead atoms. The molecule has 0 aliphatic carbocycles. The Bertz CT molecular complexity index is 786. The molecular weight excluding hydrogens is 492 g/mol. The van der Waals surface area contributed by atoms with Crippen LogP contribution in [0.3, 0.4) is 0 Å². The minimum Gasteiger partial charge on any atom is -0.388 e. The zero-order valence-corrected chi connectivity index (χ0v) is 25.2. The van der Waals surface area contributed by atoms with Crippen LogP contribution in [0.5, 0.6) is 0 Å². The molecule has 0 aromatic carbocycles. The fourth-order valence-corrected chi connectivity index (χ4v) is 7.92. The van der Waals surface area contributed by atoms with E-state index in [-0.39, 0.29) is 63.9 Å². The molecule has 0 spiro atoms. The summed E-state index contributed by atoms with van der Waals surface area (Å²) in [7, 11) is 0. The Morgan fingerprint density at radius 1 is 0.568 bits per heavy atom. The lowest BCUT2D eigenvalue weighted by Crippen LogP contribution is -2.48. The number of rotatable bonds is 6. The lowest BCUT2D eigenvalue weighted by atomic mass is 9.89. The minimum absolute atomic E-state index is 0.0220. The minimum atomic E-state index is -0.836. The fraction of sp³-hybridized carbons (Fsp3) is 1.00. The van der Waals surface area contributed by atoms with Gasteiger partial charge in [-0.2, -0.15) is 0 Å². The van der Waals surface area contributed by atoms with Gasteiger partial charge in [0.05, 0.1) is 69.5 Å². The molecule has 6 nitrogen and oxygen atoms in total. The molecule has 0 aromatic heterocycles. The van der Waals surface area contributed by atoms with E-state index >= 15 is 0 Å². The van der Waals surface area contributed by atoms with Gasteiger partial charge in [0.15, 0.2) is 0 Å². The maximum Gasteiger partial charge on any atom is 0.0921 e. The van der Waals surface area contributed by atoms with Crippen molar-refractivity contribution in [3.63, 3.8) is 0 Å². The van der Waals surface area contributed by atoms with Crippen molar-refractivity contribution in [3.8, 4) is 0 Å². The molecular formula is C30H51ClO6. The molecule has 10 atom stereocenters. The Hall–Kier alpha value is 0.0500. The van der Waals surface area contributed by atoms with Crippen LogP contribution in [0.25, 0.3) is 0 Å². The summed E-state index contributed by atoms with van der Waals surface area (Å²) in [5.74, 6) is 0. The van der Waals surface area contributed by atoms with Gasteiger partial charge >= 0.3 is 0 Å². The third-order valence-electron chi connectivity index (χ3n) is 10.6. The number of ether oxygens (including phenoxy) is 5. The number of hydrogen-bond donors (Lipinski definition) is 1. The maximum absolute atomic E-state index is 10.5. The highest BCUT2D eigenvalue weighted by Crippen LogP contribution is 2.51. The molecule has 5 rings (SSSR count). The van der Waals surface area contributed by atoms with Crippen LogP contribution < -0.4 is 0 Å². The van der Waals surface area contributed by atoms with Gasteiger partial charge in [0.1, 0.15) is 0 Å². The standard InChI is InChI=1S/C30H51ClO6/c1-25(2,31)19-11-15-29(7,34-19)23-13-17-27(5,36-23)21-9-10-22(33-21)28(6)18-14-24(37-28)30(8)16-12-20(35-30)26(3,4)32/h19-24,32H,9-18H2,1-8H3/t19?,20-,21+,22-,23+,24-,27-,28+,29-,30+/m0/s1. The lowest BCUT2D eigenvalue weighted by Gasteiger charge is -2.39. The topological polar surface area (TPSA) is 66.4 Å². The maximum atomic E-state index is 10.5. The van der Waals surface area contributed by atoms with E-state index in [0.717, 1.165) is 64.2 Å². The van der Waals surface area contributed by atoms with Crippen molar-refractivity contribution in [3.05, 3.63) is 0 Å². The van der Waals surface area contributed by atoms with E-state index in [9.17, 15) is 5.11 Å². The van der Waals surface area contributed by atoms with Gasteiger partial charge < -0.3 is 28.8 Å². The average Bonchev–Trinajstić information content (AvgIpc) is 3.57. The molecule has 0 radical (unpaired) electrons. The molecule has 0 amide bonds. The van der Waals surface area contributed by atoms with Gasteiger partial charge in [0.2, 0.25) is 0 Å². The molecule has 0 saturated carbocycles. The normalized spacial score (nSPS) is 51.4. The lowest BCUT2D eigenvalue weighted by molar-refractivity contribution is -0.211. The first kappa shape index (κ1) is 28.6. The first-order valence-electron chi connectivity index (χ1n) is 14.7. The quantitative estimate of drug-likeness (QED) is 0.411. The largest absolute Gasteiger partial charge is 0.388 e. The Morgan fingerprint density at radius 3 is 1.32 bits per heavy atom. The number of halogens is 1. The van der Waals surface area contributed by atoms with Crippen molar-refractivity contribution in [2.24, 2.45) is 0 Å². The molecule has 5 fully saturated rings. The van der Waals surface area contributed by atoms with Crippen molar-refractivity contribution in [2.45, 2.75) is 189 Å². The van der Waals surface area contributed by atoms with Crippen LogP contribution in [0.2, 0.25) is 0 Å². The Kier molecular flexibility index (Phi) is 7.17. The van der Waals surface area contributed by atoms with Crippen molar-refractivity contribution in [2.75, 3.05) is 0 Å². The van der Waals surface area contributed by atoms with Crippen molar-refractivity contribution < 1.29 is 28.8 Å². The summed E-state index contributed by atoms with van der Waals surface area (Å²) in [5, 5.41) is 10.5. The van der Waals surface area contributed by atoms with E-state index < -0.39 is 5.60 Å². The Morgan fingerprint density at radius 2 is 0.946 bits per heavy atom. The van der Waals surface area contributed by atoms with Crippen molar-refractivity contribution >= 4 is 11.6 Å². The summed E-state index contributed by atoms with van der Waals surface area (Å²) in [6.45, 7) is 16.6. The van der Waals surface area contributed by atoms with Crippen LogP contribution in [-0.4, -0.2) is 74.6 Å². The number of alkyl halides is 1. The molecule has 5 aliphatic heterocycles. The third-order valence-corrected chi connectivity index (χ3v) is 10.8. The first-order valence-corrected chi connectivity index (χ1v) is 15.1. The van der Waals surface area contributed by atoms with Gasteiger partial charge in [-0.3, -0.25) is 0 Å². The molecule has 0 aromatic rings. The van der Waals surface area contributed by atoms with E-state index in [4.69, 9.17) is 35.3 Å². The van der Waals surface area contributed by atoms with Gasteiger partial charge in [0.25, 0.3) is 0 Å². The predicted octanol–water partition coefficient (Wildman–Crippen LogP) is 6.07. The van der Waals surface area contributed by atoms with E-state index in [1.807, 2.05) is 27.7 Å². The molecule has 1 unspecified atom stereocenters. The van der Waals surface area contributed by atoms with Crippen LogP contribution in [0.4, 0.5) is 0 Å². The third kappa shape index (κ3) is 5.27. The van der Waals surface area contributed by atoms with E-state index in [2.05, 4.69) is 27.7 Å². The first-order chi connectivity index (χ1) is 17.0. The van der Waals surface area contributed by atoms with Gasteiger partial charge in [-0.1, -0.05) is 0 Å². The summed E-state index contributed by atoms with van der Waals surface area (Å²) < 4.78 is 33.3. The molecule has 37 heavy (non-hydrogen) atoms. The second-order valence-corrected chi connectivity index (χ2v) is 15.7. The van der Waals surface area contributed by atoms with Gasteiger partial charge in [0, 0.05) is 0 Å². The highest BCUT2D eigenvalue weighted by Gasteiger charge is 2.58. The Labute approximate surface area is 229 Å². The average molecular weight is 543 g/mol. The fourth-order valence-electron chi connectivity index (χ4n) is 7.77. The summed E-state index contributed by atoms with van der Waals surface area (Å²) in [6.07, 6.45) is 9.68. The second kappa shape index (κ2) is 9.29. The zero-order valence-electron chi connectivity index (χ0n) is 24.4. The van der Waals surface area contributed by atoms with Gasteiger partial charge in [-0.15, -0.1) is 11.6 Å². The summed E-state index contributed by atoms with van der Waals surface area (Å²) in [5.41, 5.74) is -2.13. The van der Waals surface area contributed by atoms with Crippen LogP contribution in [0.15, 0.2) is 0 Å².